The lowest BCUT2D eigenvalue weighted by Gasteiger charge is -2.17. The molecule has 1 unspecified atom stereocenters. The summed E-state index contributed by atoms with van der Waals surface area (Å²) >= 11 is 0. The number of benzene rings is 1. The molecule has 3 N–H and O–H groups in total. The Kier molecular flexibility index (Phi) is 3.51. The van der Waals surface area contributed by atoms with Crippen LogP contribution >= 0.6 is 0 Å². The number of phenolic OH excluding ortho intramolecular Hbond substituents is 1. The first-order valence-corrected chi connectivity index (χ1v) is 8.96. The van der Waals surface area contributed by atoms with Gasteiger partial charge in [0.2, 0.25) is 0 Å². The molecule has 1 aliphatic heterocycles. The van der Waals surface area contributed by atoms with Crippen LogP contribution in [-0.4, -0.2) is 39.2 Å². The number of rotatable bonds is 2. The molecular formula is C20H19N5O2. The number of oxazole rings is 1. The first-order chi connectivity index (χ1) is 13.1. The number of hydrogen-bond donors (Lipinski definition) is 2. The van der Waals surface area contributed by atoms with Crippen molar-refractivity contribution in [3.8, 4) is 17.0 Å². The van der Waals surface area contributed by atoms with Crippen LogP contribution in [0, 0.1) is 6.92 Å². The average molecular weight is 361 g/mol. The molecule has 0 amide bonds. The van der Waals surface area contributed by atoms with Gasteiger partial charge in [-0.05, 0) is 36.8 Å². The molecule has 0 bridgehead atoms. The van der Waals surface area contributed by atoms with Gasteiger partial charge in [0.15, 0.2) is 11.5 Å². The highest BCUT2D eigenvalue weighted by Crippen LogP contribution is 2.33. The molecule has 136 valence electrons. The first kappa shape index (κ1) is 16.0. The number of hydrogen-bond acceptors (Lipinski definition) is 7. The summed E-state index contributed by atoms with van der Waals surface area (Å²) in [7, 11) is 0. The topological polar surface area (TPSA) is 101 Å². The lowest BCUT2D eigenvalue weighted by Crippen LogP contribution is -2.26. The minimum absolute atomic E-state index is 0.123. The van der Waals surface area contributed by atoms with Crippen molar-refractivity contribution in [1.29, 1.82) is 0 Å². The largest absolute Gasteiger partial charge is 0.507 e. The highest BCUT2D eigenvalue weighted by Gasteiger charge is 2.20. The summed E-state index contributed by atoms with van der Waals surface area (Å²) in [6.45, 7) is 3.53. The third-order valence-corrected chi connectivity index (χ3v) is 4.97. The monoisotopic (exact) mass is 361 g/mol. The van der Waals surface area contributed by atoms with Gasteiger partial charge in [-0.15, -0.1) is 0 Å². The van der Waals surface area contributed by atoms with E-state index in [9.17, 15) is 5.11 Å². The molecule has 27 heavy (non-hydrogen) atoms. The molecule has 1 aromatic carbocycles. The molecule has 7 nitrogen and oxygen atoms in total. The van der Waals surface area contributed by atoms with Gasteiger partial charge in [-0.1, -0.05) is 0 Å². The third-order valence-electron chi connectivity index (χ3n) is 4.97. The van der Waals surface area contributed by atoms with Gasteiger partial charge in [-0.2, -0.15) is 0 Å². The first-order valence-electron chi connectivity index (χ1n) is 8.96. The average Bonchev–Trinajstić information content (AvgIpc) is 3.24. The van der Waals surface area contributed by atoms with E-state index in [2.05, 4.69) is 14.9 Å². The maximum Gasteiger partial charge on any atom is 0.192 e. The smallest absolute Gasteiger partial charge is 0.192 e. The number of fused-ring (bicyclic) bond motifs is 2. The molecule has 0 aliphatic carbocycles. The number of pyridine rings is 2. The summed E-state index contributed by atoms with van der Waals surface area (Å²) < 4.78 is 5.58. The Balaban J connectivity index is 1.55. The molecule has 7 heteroatoms. The highest BCUT2D eigenvalue weighted by molar-refractivity contribution is 5.86. The van der Waals surface area contributed by atoms with E-state index in [1.165, 1.54) is 0 Å². The van der Waals surface area contributed by atoms with Crippen LogP contribution in [0.3, 0.4) is 0 Å². The molecular weight excluding hydrogens is 342 g/mol. The summed E-state index contributed by atoms with van der Waals surface area (Å²) in [5.41, 5.74) is 10.1. The standard InChI is InChI=1S/C20H19N5O2/c1-11-22-17-9-18(26)13(8-19(17)27-11)14-2-3-16-15(23-14)4-5-20(24-16)25-7-6-12(21)10-25/h2-5,8-9,12,26H,6-7,10,21H2,1H3. The van der Waals surface area contributed by atoms with Crippen LogP contribution in [0.1, 0.15) is 12.3 Å². The van der Waals surface area contributed by atoms with Crippen molar-refractivity contribution in [2.45, 2.75) is 19.4 Å². The van der Waals surface area contributed by atoms with E-state index in [1.807, 2.05) is 24.3 Å². The van der Waals surface area contributed by atoms with Gasteiger partial charge in [0.25, 0.3) is 0 Å². The van der Waals surface area contributed by atoms with Crippen LogP contribution in [0.25, 0.3) is 33.4 Å². The normalized spacial score (nSPS) is 17.3. The summed E-state index contributed by atoms with van der Waals surface area (Å²) in [6.07, 6.45) is 0.986. The predicted octanol–water partition coefficient (Wildman–Crippen LogP) is 2.99. The molecule has 1 fully saturated rings. The fraction of sp³-hybridized carbons (Fsp3) is 0.250. The maximum absolute atomic E-state index is 10.4. The quantitative estimate of drug-likeness (QED) is 0.566. The lowest BCUT2D eigenvalue weighted by atomic mass is 10.1. The molecule has 3 aromatic heterocycles. The Morgan fingerprint density at radius 1 is 1.07 bits per heavy atom. The van der Waals surface area contributed by atoms with Crippen molar-refractivity contribution in [2.75, 3.05) is 18.0 Å². The Bertz CT molecular complexity index is 1170. The Hall–Kier alpha value is -3.19. The Morgan fingerprint density at radius 2 is 1.89 bits per heavy atom. The van der Waals surface area contributed by atoms with Crippen molar-refractivity contribution in [3.63, 3.8) is 0 Å². The summed E-state index contributed by atoms with van der Waals surface area (Å²) in [6, 6.07) is 11.3. The van der Waals surface area contributed by atoms with Crippen LogP contribution in [0.4, 0.5) is 5.82 Å². The highest BCUT2D eigenvalue weighted by atomic mass is 16.3. The number of anilines is 1. The third kappa shape index (κ3) is 2.76. The van der Waals surface area contributed by atoms with Crippen LogP contribution in [0.15, 0.2) is 40.8 Å². The fourth-order valence-corrected chi connectivity index (χ4v) is 3.60. The summed E-state index contributed by atoms with van der Waals surface area (Å²) in [5, 5.41) is 10.4. The van der Waals surface area contributed by atoms with E-state index in [4.69, 9.17) is 15.1 Å². The van der Waals surface area contributed by atoms with Crippen LogP contribution in [-0.2, 0) is 0 Å². The van der Waals surface area contributed by atoms with Crippen molar-refractivity contribution in [3.05, 3.63) is 42.3 Å². The van der Waals surface area contributed by atoms with Crippen LogP contribution in [0.2, 0.25) is 0 Å². The van der Waals surface area contributed by atoms with Gasteiger partial charge in [0.05, 0.1) is 16.7 Å². The van der Waals surface area contributed by atoms with E-state index in [1.54, 1.807) is 19.1 Å². The second-order valence-electron chi connectivity index (χ2n) is 6.97. The van der Waals surface area contributed by atoms with Crippen molar-refractivity contribution < 1.29 is 9.52 Å². The zero-order valence-corrected chi connectivity index (χ0v) is 14.9. The maximum atomic E-state index is 10.4. The van der Waals surface area contributed by atoms with E-state index < -0.39 is 0 Å². The second kappa shape index (κ2) is 5.92. The van der Waals surface area contributed by atoms with Gasteiger partial charge in [-0.3, -0.25) is 0 Å². The van der Waals surface area contributed by atoms with Gasteiger partial charge >= 0.3 is 0 Å². The number of nitrogens with zero attached hydrogens (tertiary/aromatic N) is 4. The number of aromatic nitrogens is 3. The van der Waals surface area contributed by atoms with Crippen LogP contribution < -0.4 is 10.6 Å². The minimum Gasteiger partial charge on any atom is -0.507 e. The Morgan fingerprint density at radius 3 is 2.70 bits per heavy atom. The van der Waals surface area contributed by atoms with Crippen molar-refractivity contribution in [2.24, 2.45) is 5.73 Å². The second-order valence-corrected chi connectivity index (χ2v) is 6.97. The van der Waals surface area contributed by atoms with Gasteiger partial charge in [0, 0.05) is 37.7 Å². The SMILES string of the molecule is Cc1nc2cc(O)c(-c3ccc4nc(N5CCC(N)C5)ccc4n3)cc2o1. The van der Waals surface area contributed by atoms with E-state index in [-0.39, 0.29) is 11.8 Å². The molecule has 4 heterocycles. The molecule has 5 rings (SSSR count). The summed E-state index contributed by atoms with van der Waals surface area (Å²) in [5.74, 6) is 1.61. The lowest BCUT2D eigenvalue weighted by molar-refractivity contribution is 0.477. The number of aromatic hydroxyl groups is 1. The number of phenols is 1. The number of nitrogens with two attached hydrogens (primary N) is 1. The molecule has 0 saturated carbocycles. The fourth-order valence-electron chi connectivity index (χ4n) is 3.60. The molecule has 0 spiro atoms. The van der Waals surface area contributed by atoms with Crippen molar-refractivity contribution >= 4 is 28.0 Å². The predicted molar refractivity (Wildman–Crippen MR) is 104 cm³/mol. The molecule has 1 aliphatic rings. The van der Waals surface area contributed by atoms with Gasteiger partial charge in [-0.25, -0.2) is 15.0 Å². The van der Waals surface area contributed by atoms with Crippen LogP contribution in [0.5, 0.6) is 5.75 Å². The molecule has 1 saturated heterocycles. The van der Waals surface area contributed by atoms with Crippen molar-refractivity contribution in [1.82, 2.24) is 15.0 Å². The zero-order valence-electron chi connectivity index (χ0n) is 14.9. The van der Waals surface area contributed by atoms with E-state index >= 15 is 0 Å². The molecule has 1 atom stereocenters. The molecule has 0 radical (unpaired) electrons. The number of aryl methyl sites for hydroxylation is 1. The van der Waals surface area contributed by atoms with Gasteiger partial charge < -0.3 is 20.2 Å². The summed E-state index contributed by atoms with van der Waals surface area (Å²) in [4.78, 5) is 15.8. The zero-order chi connectivity index (χ0) is 18.5. The minimum atomic E-state index is 0.123. The van der Waals surface area contributed by atoms with E-state index in [0.717, 1.165) is 36.4 Å². The van der Waals surface area contributed by atoms with Gasteiger partial charge in [0.1, 0.15) is 17.1 Å². The molecule has 4 aromatic rings. The Labute approximate surface area is 155 Å². The van der Waals surface area contributed by atoms with E-state index in [0.29, 0.717) is 28.2 Å².